The van der Waals surface area contributed by atoms with Crippen LogP contribution in [0.15, 0.2) is 52.1 Å². The number of thioether (sulfide) groups is 1. The molecule has 0 amide bonds. The Morgan fingerprint density at radius 3 is 2.87 bits per heavy atom. The monoisotopic (exact) mass is 486 g/mol. The summed E-state index contributed by atoms with van der Waals surface area (Å²) in [6, 6.07) is 13.8. The number of para-hydroxylation sites is 1. The van der Waals surface area contributed by atoms with Crippen molar-refractivity contribution in [2.24, 2.45) is 0 Å². The van der Waals surface area contributed by atoms with E-state index in [1.807, 2.05) is 42.5 Å². The van der Waals surface area contributed by atoms with Crippen LogP contribution in [0, 0.1) is 0 Å². The van der Waals surface area contributed by atoms with E-state index in [0.717, 1.165) is 39.2 Å². The summed E-state index contributed by atoms with van der Waals surface area (Å²) in [7, 11) is 1.65. The van der Waals surface area contributed by atoms with Crippen molar-refractivity contribution in [2.75, 3.05) is 18.2 Å². The second kappa shape index (κ2) is 9.66. The summed E-state index contributed by atoms with van der Waals surface area (Å²) < 4.78 is 12.9. The van der Waals surface area contributed by atoms with Crippen LogP contribution in [0.4, 0.5) is 5.69 Å². The molecule has 0 aliphatic carbocycles. The molecule has 0 spiro atoms. The number of methoxy groups -OCH3 is 1. The molecule has 1 N–H and O–H groups in total. The van der Waals surface area contributed by atoms with Gasteiger partial charge in [-0.2, -0.15) is 4.98 Å². The number of rotatable bonds is 7. The first-order valence-electron chi connectivity index (χ1n) is 9.93. The topological polar surface area (TPSA) is 69.2 Å². The van der Waals surface area contributed by atoms with Crippen molar-refractivity contribution in [3.63, 3.8) is 0 Å². The van der Waals surface area contributed by atoms with E-state index in [1.165, 1.54) is 12.8 Å². The fourth-order valence-corrected chi connectivity index (χ4v) is 4.43. The fourth-order valence-electron chi connectivity index (χ4n) is 3.27. The maximum absolute atomic E-state index is 6.35. The smallest absolute Gasteiger partial charge is 0.247 e. The Bertz CT molecular complexity index is 1030. The van der Waals surface area contributed by atoms with Crippen molar-refractivity contribution in [2.45, 2.75) is 37.6 Å². The summed E-state index contributed by atoms with van der Waals surface area (Å²) in [6.07, 6.45) is 3.02. The predicted molar refractivity (Wildman–Crippen MR) is 123 cm³/mol. The van der Waals surface area contributed by atoms with Gasteiger partial charge in [-0.1, -0.05) is 65.7 Å². The Labute approximate surface area is 188 Å². The number of halogens is 1. The third-order valence-corrected chi connectivity index (χ3v) is 6.20. The molecule has 6 nitrogen and oxygen atoms in total. The van der Waals surface area contributed by atoms with Gasteiger partial charge in [-0.05, 0) is 30.7 Å². The number of unbranched alkanes of at least 4 members (excludes halogenated alkanes) is 2. The SMILES string of the molecule is CCCCCSc1nnc2c(n1)O[C@@H](c1cc(Br)ccc1OC)Nc1ccccc1-2. The Hall–Kier alpha value is -2.32. The third-order valence-electron chi connectivity index (χ3n) is 4.79. The number of nitrogens with one attached hydrogen (secondary N) is 1. The number of aromatic nitrogens is 3. The zero-order chi connectivity index (χ0) is 20.9. The number of hydrogen-bond acceptors (Lipinski definition) is 7. The van der Waals surface area contributed by atoms with E-state index in [0.29, 0.717) is 16.7 Å². The average Bonchev–Trinajstić information content (AvgIpc) is 2.93. The maximum atomic E-state index is 6.35. The first-order valence-corrected chi connectivity index (χ1v) is 11.7. The molecule has 3 aromatic rings. The highest BCUT2D eigenvalue weighted by molar-refractivity contribution is 9.10. The van der Waals surface area contributed by atoms with Gasteiger partial charge in [-0.3, -0.25) is 0 Å². The van der Waals surface area contributed by atoms with Gasteiger partial charge in [0.25, 0.3) is 0 Å². The first-order chi connectivity index (χ1) is 14.7. The molecule has 2 aromatic carbocycles. The van der Waals surface area contributed by atoms with Crippen LogP contribution in [0.5, 0.6) is 11.6 Å². The average molecular weight is 487 g/mol. The molecule has 1 atom stereocenters. The van der Waals surface area contributed by atoms with Crippen molar-refractivity contribution in [3.05, 3.63) is 52.5 Å². The second-order valence-corrected chi connectivity index (χ2v) is 8.86. The van der Waals surface area contributed by atoms with Crippen molar-refractivity contribution in [3.8, 4) is 22.9 Å². The Morgan fingerprint density at radius 2 is 2.03 bits per heavy atom. The lowest BCUT2D eigenvalue weighted by atomic mass is 10.1. The van der Waals surface area contributed by atoms with Crippen LogP contribution in [0.25, 0.3) is 11.3 Å². The van der Waals surface area contributed by atoms with E-state index in [2.05, 4.69) is 38.4 Å². The van der Waals surface area contributed by atoms with Gasteiger partial charge in [0.2, 0.25) is 17.3 Å². The normalized spacial score (nSPS) is 14.7. The van der Waals surface area contributed by atoms with E-state index in [9.17, 15) is 0 Å². The highest BCUT2D eigenvalue weighted by Gasteiger charge is 2.28. The highest BCUT2D eigenvalue weighted by atomic mass is 79.9. The molecule has 0 saturated heterocycles. The number of ether oxygens (including phenoxy) is 2. The highest BCUT2D eigenvalue weighted by Crippen LogP contribution is 2.41. The molecule has 30 heavy (non-hydrogen) atoms. The Kier molecular flexibility index (Phi) is 6.74. The lowest BCUT2D eigenvalue weighted by Crippen LogP contribution is -2.18. The largest absolute Gasteiger partial charge is 0.496 e. The molecule has 2 heterocycles. The summed E-state index contributed by atoms with van der Waals surface area (Å²) in [5.41, 5.74) is 3.31. The lowest BCUT2D eigenvalue weighted by Gasteiger charge is -2.21. The van der Waals surface area contributed by atoms with Gasteiger partial charge in [-0.15, -0.1) is 10.2 Å². The molecule has 0 saturated carbocycles. The number of hydrogen-bond donors (Lipinski definition) is 1. The van der Waals surface area contributed by atoms with E-state index in [1.54, 1.807) is 18.9 Å². The van der Waals surface area contributed by atoms with Gasteiger partial charge < -0.3 is 14.8 Å². The third kappa shape index (κ3) is 4.54. The molecule has 8 heteroatoms. The summed E-state index contributed by atoms with van der Waals surface area (Å²) in [4.78, 5) is 4.70. The summed E-state index contributed by atoms with van der Waals surface area (Å²) in [5.74, 6) is 2.16. The second-order valence-electron chi connectivity index (χ2n) is 6.88. The van der Waals surface area contributed by atoms with Crippen molar-refractivity contribution >= 4 is 33.4 Å². The minimum atomic E-state index is -0.491. The van der Waals surface area contributed by atoms with Crippen LogP contribution in [-0.4, -0.2) is 28.0 Å². The standard InChI is InChI=1S/C22H23BrN4O2S/c1-3-4-7-12-30-22-25-21-19(26-27-22)15-8-5-6-9-17(15)24-20(29-21)16-13-14(23)10-11-18(16)28-2/h5-6,8-11,13,20,24H,3-4,7,12H2,1-2H3/t20-/m0/s1. The zero-order valence-electron chi connectivity index (χ0n) is 16.9. The molecule has 1 aliphatic rings. The molecular formula is C22H23BrN4O2S. The number of benzene rings is 2. The quantitative estimate of drug-likeness (QED) is 0.319. The van der Waals surface area contributed by atoms with Crippen LogP contribution in [0.3, 0.4) is 0 Å². The minimum absolute atomic E-state index is 0.465. The van der Waals surface area contributed by atoms with Crippen LogP contribution in [-0.2, 0) is 0 Å². The van der Waals surface area contributed by atoms with E-state index in [4.69, 9.17) is 14.5 Å². The summed E-state index contributed by atoms with van der Waals surface area (Å²) >= 11 is 5.16. The molecule has 0 radical (unpaired) electrons. The van der Waals surface area contributed by atoms with Crippen molar-refractivity contribution < 1.29 is 9.47 Å². The predicted octanol–water partition coefficient (Wildman–Crippen LogP) is 6.10. The van der Waals surface area contributed by atoms with Crippen molar-refractivity contribution in [1.82, 2.24) is 15.2 Å². The lowest BCUT2D eigenvalue weighted by molar-refractivity contribution is 0.219. The summed E-state index contributed by atoms with van der Waals surface area (Å²) in [6.45, 7) is 2.19. The maximum Gasteiger partial charge on any atom is 0.247 e. The molecule has 0 bridgehead atoms. The molecule has 156 valence electrons. The van der Waals surface area contributed by atoms with Crippen LogP contribution < -0.4 is 14.8 Å². The molecule has 1 aliphatic heterocycles. The number of fused-ring (bicyclic) bond motifs is 3. The van der Waals surface area contributed by atoms with Crippen LogP contribution in [0.1, 0.15) is 38.0 Å². The van der Waals surface area contributed by atoms with Crippen molar-refractivity contribution in [1.29, 1.82) is 0 Å². The molecular weight excluding hydrogens is 464 g/mol. The Balaban J connectivity index is 1.73. The fraction of sp³-hybridized carbons (Fsp3) is 0.318. The van der Waals surface area contributed by atoms with Gasteiger partial charge in [0, 0.05) is 21.5 Å². The van der Waals surface area contributed by atoms with Gasteiger partial charge in [0.1, 0.15) is 5.75 Å². The van der Waals surface area contributed by atoms with Gasteiger partial charge in [0.15, 0.2) is 5.69 Å². The van der Waals surface area contributed by atoms with Gasteiger partial charge in [0.05, 0.1) is 12.7 Å². The molecule has 4 rings (SSSR count). The van der Waals surface area contributed by atoms with Gasteiger partial charge in [-0.25, -0.2) is 0 Å². The molecule has 0 fully saturated rings. The molecule has 0 unspecified atom stereocenters. The Morgan fingerprint density at radius 1 is 1.17 bits per heavy atom. The van der Waals surface area contributed by atoms with E-state index >= 15 is 0 Å². The van der Waals surface area contributed by atoms with Gasteiger partial charge >= 0.3 is 0 Å². The van der Waals surface area contributed by atoms with E-state index in [-0.39, 0.29) is 0 Å². The zero-order valence-corrected chi connectivity index (χ0v) is 19.3. The number of anilines is 1. The summed E-state index contributed by atoms with van der Waals surface area (Å²) in [5, 5.41) is 12.9. The number of nitrogens with zero attached hydrogens (tertiary/aromatic N) is 3. The molecule has 1 aromatic heterocycles. The van der Waals surface area contributed by atoms with Crippen LogP contribution in [0.2, 0.25) is 0 Å². The van der Waals surface area contributed by atoms with Crippen LogP contribution >= 0.6 is 27.7 Å². The van der Waals surface area contributed by atoms with E-state index < -0.39 is 6.23 Å². The minimum Gasteiger partial charge on any atom is -0.496 e. The first kappa shape index (κ1) is 20.9.